The second kappa shape index (κ2) is 14.2. The molecule has 0 saturated carbocycles. The average Bonchev–Trinajstić information content (AvgIpc) is 2.88. The van der Waals surface area contributed by atoms with Crippen molar-refractivity contribution in [3.63, 3.8) is 0 Å². The molecule has 0 fully saturated rings. The van der Waals surface area contributed by atoms with Crippen LogP contribution in [-0.2, 0) is 6.54 Å². The van der Waals surface area contributed by atoms with Crippen molar-refractivity contribution in [1.29, 1.82) is 0 Å². The molecule has 0 radical (unpaired) electrons. The van der Waals surface area contributed by atoms with Gasteiger partial charge in [0.1, 0.15) is 0 Å². The summed E-state index contributed by atoms with van der Waals surface area (Å²) in [5, 5.41) is 2.29. The van der Waals surface area contributed by atoms with Crippen LogP contribution in [0, 0.1) is 43.5 Å². The van der Waals surface area contributed by atoms with Crippen LogP contribution >= 0.6 is 0 Å². The number of aryl methyl sites for hydroxylation is 2. The first-order valence-corrected chi connectivity index (χ1v) is 11.8. The molecule has 0 saturated heterocycles. The number of pyridine rings is 1. The maximum Gasteiger partial charge on any atom is 0.265 e. The zero-order valence-corrected chi connectivity index (χ0v) is 20.6. The molecule has 0 bridgehead atoms. The molecule has 0 N–H and O–H groups in total. The summed E-state index contributed by atoms with van der Waals surface area (Å²) in [7, 11) is 0. The van der Waals surface area contributed by atoms with Crippen LogP contribution < -0.4 is 4.57 Å². The van der Waals surface area contributed by atoms with Gasteiger partial charge in [0.05, 0.1) is 17.4 Å². The topological polar surface area (TPSA) is 6.89 Å². The highest BCUT2D eigenvalue weighted by atomic mass is 15.0. The van der Waals surface area contributed by atoms with E-state index in [1.165, 1.54) is 0 Å². The lowest BCUT2D eigenvalue weighted by Gasteiger charge is -2.05. The molecule has 1 aromatic heterocycles. The van der Waals surface area contributed by atoms with Crippen molar-refractivity contribution in [2.24, 2.45) is 0 Å². The highest BCUT2D eigenvalue weighted by molar-refractivity contribution is 6.11. The first kappa shape index (κ1) is 26.2. The Labute approximate surface area is 205 Å². The van der Waals surface area contributed by atoms with E-state index in [4.69, 9.17) is 12.8 Å². The highest BCUT2D eigenvalue weighted by Crippen LogP contribution is 2.15. The largest absolute Gasteiger partial charge is 0.265 e. The molecule has 3 aromatic rings. The van der Waals surface area contributed by atoms with Gasteiger partial charge >= 0.3 is 0 Å². The van der Waals surface area contributed by atoms with Crippen LogP contribution in [0.3, 0.4) is 0 Å². The maximum atomic E-state index is 5.53. The molecule has 0 atom stereocenters. The molecule has 0 unspecified atom stereocenters. The van der Waals surface area contributed by atoms with Crippen molar-refractivity contribution in [3.8, 4) is 36.5 Å². The van der Waals surface area contributed by atoms with Gasteiger partial charge in [-0.05, 0) is 36.6 Å². The van der Waals surface area contributed by atoms with Gasteiger partial charge in [-0.25, -0.2) is 0 Å². The Kier molecular flexibility index (Phi) is 10.9. The summed E-state index contributed by atoms with van der Waals surface area (Å²) in [6.07, 6.45) is 17.2. The highest BCUT2D eigenvalue weighted by Gasteiger charge is 2.17. The fourth-order valence-corrected chi connectivity index (χ4v) is 3.66. The average molecular weight is 447 g/mol. The quantitative estimate of drug-likeness (QED) is 0.185. The minimum absolute atomic E-state index is 0.615. The van der Waals surface area contributed by atoms with E-state index in [-0.39, 0.29) is 0 Å². The second-order valence-corrected chi connectivity index (χ2v) is 7.50. The van der Waals surface area contributed by atoms with Crippen LogP contribution in [0.4, 0.5) is 0 Å². The molecule has 1 heterocycles. The fourth-order valence-electron chi connectivity index (χ4n) is 3.66. The molecule has 34 heavy (non-hydrogen) atoms. The predicted octanol–water partition coefficient (Wildman–Crippen LogP) is 5.90. The van der Waals surface area contributed by atoms with E-state index in [0.717, 1.165) is 52.7 Å². The van der Waals surface area contributed by atoms with Gasteiger partial charge in [-0.1, -0.05) is 50.2 Å². The van der Waals surface area contributed by atoms with Crippen molar-refractivity contribution in [2.75, 3.05) is 6.54 Å². The van der Waals surface area contributed by atoms with Crippen LogP contribution in [0.2, 0.25) is 0 Å². The first-order chi connectivity index (χ1) is 16.7. The van der Waals surface area contributed by atoms with E-state index in [2.05, 4.69) is 78.3 Å². The number of rotatable bonds is 7. The third kappa shape index (κ3) is 6.72. The molecule has 3 rings (SSSR count). The van der Waals surface area contributed by atoms with Crippen molar-refractivity contribution < 1.29 is 9.14 Å². The van der Waals surface area contributed by atoms with Gasteiger partial charge in [-0.3, -0.25) is 0 Å². The lowest BCUT2D eigenvalue weighted by molar-refractivity contribution is -0.698. The molecule has 0 aliphatic carbocycles. The number of unbranched alkanes of at least 4 members (excludes halogenated alkanes) is 1. The summed E-state index contributed by atoms with van der Waals surface area (Å²) < 4.78 is 4.24. The summed E-state index contributed by atoms with van der Waals surface area (Å²) in [5.41, 5.74) is 4.11. The summed E-state index contributed by atoms with van der Waals surface area (Å²) in [4.78, 5) is 0. The Morgan fingerprint density at radius 3 is 2.41 bits per heavy atom. The Hall–Kier alpha value is -4.06. The number of hydrogen-bond donors (Lipinski definition) is 0. The zero-order valence-electron chi connectivity index (χ0n) is 20.6. The van der Waals surface area contributed by atoms with Crippen molar-refractivity contribution in [2.45, 2.75) is 46.6 Å². The van der Waals surface area contributed by atoms with E-state index >= 15 is 0 Å². The van der Waals surface area contributed by atoms with Crippen LogP contribution in [-0.4, -0.2) is 16.8 Å². The molecule has 0 aliphatic heterocycles. The summed E-state index contributed by atoms with van der Waals surface area (Å²) in [6, 6.07) is 18.7. The summed E-state index contributed by atoms with van der Waals surface area (Å²) in [6.45, 7) is 11.6. The maximum absolute atomic E-state index is 5.53. The predicted molar refractivity (Wildman–Crippen MR) is 144 cm³/mol. The van der Waals surface area contributed by atoms with Gasteiger partial charge in [-0.15, -0.1) is 24.7 Å². The zero-order chi connectivity index (χ0) is 24.8. The van der Waals surface area contributed by atoms with E-state index < -0.39 is 0 Å². The molecule has 0 aliphatic rings. The van der Waals surface area contributed by atoms with E-state index in [1.807, 2.05) is 42.7 Å². The van der Waals surface area contributed by atoms with Crippen molar-refractivity contribution in [3.05, 3.63) is 90.4 Å². The second-order valence-electron chi connectivity index (χ2n) is 7.50. The minimum atomic E-state index is 0.615. The Morgan fingerprint density at radius 1 is 1.00 bits per heavy atom. The molecular weight excluding hydrogens is 412 g/mol. The smallest absolute Gasteiger partial charge is 0.191 e. The Bertz CT molecular complexity index is 1300. The van der Waals surface area contributed by atoms with Gasteiger partial charge in [0.15, 0.2) is 25.5 Å². The third-order valence-corrected chi connectivity index (χ3v) is 5.36. The van der Waals surface area contributed by atoms with Crippen LogP contribution in [0.1, 0.15) is 49.9 Å². The standard InChI is InChI=1S/C30H28N2.C2H6/c1-5-8-14-23-32-24-21-26-16-11-13-18-28(26)30(32)20-19-29(31(7-3)22-9-6-2)27-17-12-10-15-25(27)4;1-2/h1-2,7,10-13,15-18,21,24H,3,8-9,14,22-23H2,4H3;1-2H3/q+2;. The first-order valence-electron chi connectivity index (χ1n) is 11.8. The number of hydrogen-bond acceptors (Lipinski definition) is 0. The lowest BCUT2D eigenvalue weighted by atomic mass is 10.0. The SMILES string of the molecule is C#CCCC[n+]1ccc2ccccc2c1C#CC(c1ccccc1C)=[N+](C=C)CCC#C.CC. The number of fused-ring (bicyclic) bond motifs is 1. The van der Waals surface area contributed by atoms with E-state index in [9.17, 15) is 0 Å². The summed E-state index contributed by atoms with van der Waals surface area (Å²) >= 11 is 0. The summed E-state index contributed by atoms with van der Waals surface area (Å²) in [5.74, 6) is 12.4. The van der Waals surface area contributed by atoms with Crippen LogP contribution in [0.15, 0.2) is 73.6 Å². The van der Waals surface area contributed by atoms with E-state index in [0.29, 0.717) is 13.0 Å². The number of aromatic nitrogens is 1. The molecule has 170 valence electrons. The van der Waals surface area contributed by atoms with Gasteiger partial charge in [0, 0.05) is 30.7 Å². The number of nitrogens with zero attached hydrogens (tertiary/aromatic N) is 2. The van der Waals surface area contributed by atoms with Gasteiger partial charge in [0.25, 0.3) is 11.4 Å². The van der Waals surface area contributed by atoms with Crippen molar-refractivity contribution >= 4 is 16.5 Å². The normalized spacial score (nSPS) is 10.5. The Morgan fingerprint density at radius 2 is 1.71 bits per heavy atom. The molecular formula is C32H34N2+2. The third-order valence-electron chi connectivity index (χ3n) is 5.36. The molecule has 2 nitrogen and oxygen atoms in total. The molecule has 2 heteroatoms. The van der Waals surface area contributed by atoms with E-state index in [1.54, 1.807) is 6.20 Å². The van der Waals surface area contributed by atoms with Gasteiger partial charge < -0.3 is 0 Å². The van der Waals surface area contributed by atoms with Gasteiger partial charge in [0.2, 0.25) is 0 Å². The lowest BCUT2D eigenvalue weighted by Crippen LogP contribution is -2.37. The molecule has 0 spiro atoms. The van der Waals surface area contributed by atoms with Crippen LogP contribution in [0.25, 0.3) is 10.8 Å². The Balaban J connectivity index is 0.00000199. The fraction of sp³-hybridized carbons (Fsp3) is 0.250. The monoisotopic (exact) mass is 446 g/mol. The van der Waals surface area contributed by atoms with Crippen molar-refractivity contribution in [1.82, 2.24) is 0 Å². The minimum Gasteiger partial charge on any atom is -0.191 e. The number of benzene rings is 2. The van der Waals surface area contributed by atoms with Crippen LogP contribution in [0.5, 0.6) is 0 Å². The molecule has 2 aromatic carbocycles. The number of terminal acetylenes is 2. The van der Waals surface area contributed by atoms with Gasteiger partial charge in [-0.2, -0.15) is 9.14 Å². The molecule has 0 amide bonds.